The van der Waals surface area contributed by atoms with E-state index < -0.39 is 12.6 Å². The van der Waals surface area contributed by atoms with Gasteiger partial charge in [0.2, 0.25) is 11.8 Å². The number of hydrogen-bond acceptors (Lipinski definition) is 2. The molecule has 4 nitrogen and oxygen atoms in total. The molecule has 0 aromatic rings. The van der Waals surface area contributed by atoms with Crippen LogP contribution in [0.2, 0.25) is 0 Å². The van der Waals surface area contributed by atoms with Crippen LogP contribution in [0, 0.1) is 5.92 Å². The van der Waals surface area contributed by atoms with Crippen molar-refractivity contribution in [3.8, 4) is 0 Å². The molecule has 5 heteroatoms. The number of amides is 2. The van der Waals surface area contributed by atoms with Crippen molar-refractivity contribution >= 4 is 11.8 Å². The summed E-state index contributed by atoms with van der Waals surface area (Å²) in [5.41, 5.74) is 4.80. The lowest BCUT2D eigenvalue weighted by molar-refractivity contribution is -0.132. The van der Waals surface area contributed by atoms with Crippen LogP contribution >= 0.6 is 0 Å². The van der Waals surface area contributed by atoms with E-state index in [1.54, 1.807) is 0 Å². The average molecular weight is 186 g/mol. The van der Waals surface area contributed by atoms with Crippen LogP contribution in [0.1, 0.15) is 0 Å². The number of carbonyl (C=O) groups is 2. The number of nitrogens with zero attached hydrogens (tertiary/aromatic N) is 1. The molecule has 1 aliphatic heterocycles. The summed E-state index contributed by atoms with van der Waals surface area (Å²) in [7, 11) is 0. The molecule has 1 rings (SSSR count). The van der Waals surface area contributed by atoms with Crippen molar-refractivity contribution in [2.45, 2.75) is 0 Å². The van der Waals surface area contributed by atoms with Gasteiger partial charge in [-0.1, -0.05) is 0 Å². The van der Waals surface area contributed by atoms with Gasteiger partial charge in [-0.15, -0.1) is 0 Å². The van der Waals surface area contributed by atoms with Gasteiger partial charge in [0, 0.05) is 31.2 Å². The van der Waals surface area contributed by atoms with Gasteiger partial charge in [0.25, 0.3) is 0 Å². The molecule has 0 spiro atoms. The Labute approximate surface area is 75.2 Å². The van der Waals surface area contributed by atoms with Gasteiger partial charge in [0.1, 0.15) is 0 Å². The molecule has 72 valence electrons. The molecule has 0 atom stereocenters. The maximum absolute atomic E-state index is 12.0. The van der Waals surface area contributed by atoms with Crippen molar-refractivity contribution in [3.05, 3.63) is 12.2 Å². The topological polar surface area (TPSA) is 63.4 Å². The lowest BCUT2D eigenvalue weighted by Crippen LogP contribution is -2.50. The molecule has 2 N–H and O–H groups in total. The van der Waals surface area contributed by atoms with Gasteiger partial charge in [-0.3, -0.25) is 14.0 Å². The van der Waals surface area contributed by atoms with E-state index >= 15 is 0 Å². The fourth-order valence-corrected chi connectivity index (χ4v) is 1.11. The second-order valence-electron chi connectivity index (χ2n) is 3.00. The fraction of sp³-hybridized carbons (Fsp3) is 0.500. The second-order valence-corrected chi connectivity index (χ2v) is 3.00. The molecule has 0 unspecified atom stereocenters. The number of carbonyl (C=O) groups excluding carboxylic acids is 2. The standard InChI is InChI=1S/C8H11FN2O2/c9-3-6-4-11(5-6)8(13)2-1-7(10)12/h1-2,6H,3-5H2,(H2,10,12)/b2-1+. The van der Waals surface area contributed by atoms with Crippen molar-refractivity contribution in [2.75, 3.05) is 19.8 Å². The highest BCUT2D eigenvalue weighted by Gasteiger charge is 2.28. The molecule has 1 fully saturated rings. The maximum Gasteiger partial charge on any atom is 0.246 e. The summed E-state index contributed by atoms with van der Waals surface area (Å²) >= 11 is 0. The van der Waals surface area contributed by atoms with E-state index in [4.69, 9.17) is 5.73 Å². The lowest BCUT2D eigenvalue weighted by Gasteiger charge is -2.36. The highest BCUT2D eigenvalue weighted by atomic mass is 19.1. The number of rotatable bonds is 3. The Kier molecular flexibility index (Phi) is 3.00. The molecule has 1 aliphatic rings. The van der Waals surface area contributed by atoms with Gasteiger partial charge in [-0.25, -0.2) is 0 Å². The number of primary amides is 1. The molecule has 13 heavy (non-hydrogen) atoms. The van der Waals surface area contributed by atoms with Crippen LogP contribution in [0.5, 0.6) is 0 Å². The summed E-state index contributed by atoms with van der Waals surface area (Å²) in [5, 5.41) is 0. The Bertz CT molecular complexity index is 247. The molecule has 0 aliphatic carbocycles. The molecule has 0 aromatic carbocycles. The number of alkyl halides is 1. The molecular weight excluding hydrogens is 175 g/mol. The minimum atomic E-state index is -0.657. The monoisotopic (exact) mass is 186 g/mol. The normalized spacial score (nSPS) is 17.5. The molecule has 0 radical (unpaired) electrons. The molecule has 2 amide bonds. The van der Waals surface area contributed by atoms with Crippen LogP contribution in [0.25, 0.3) is 0 Å². The zero-order chi connectivity index (χ0) is 9.84. The first-order valence-electron chi connectivity index (χ1n) is 3.96. The van der Waals surface area contributed by atoms with Crippen molar-refractivity contribution in [1.82, 2.24) is 4.90 Å². The third kappa shape index (κ3) is 2.54. The smallest absolute Gasteiger partial charge is 0.246 e. The minimum Gasteiger partial charge on any atom is -0.366 e. The summed E-state index contributed by atoms with van der Waals surface area (Å²) in [6.45, 7) is 0.459. The van der Waals surface area contributed by atoms with Gasteiger partial charge < -0.3 is 10.6 Å². The van der Waals surface area contributed by atoms with E-state index in [0.29, 0.717) is 13.1 Å². The fourth-order valence-electron chi connectivity index (χ4n) is 1.11. The molecule has 0 aromatic heterocycles. The second kappa shape index (κ2) is 4.02. The highest BCUT2D eigenvalue weighted by molar-refractivity contribution is 5.96. The molecule has 1 saturated heterocycles. The van der Waals surface area contributed by atoms with Gasteiger partial charge in [-0.05, 0) is 0 Å². The van der Waals surface area contributed by atoms with Crippen LogP contribution in [-0.4, -0.2) is 36.5 Å². The van der Waals surface area contributed by atoms with Crippen molar-refractivity contribution in [2.24, 2.45) is 11.7 Å². The van der Waals surface area contributed by atoms with E-state index in [1.165, 1.54) is 4.90 Å². The first kappa shape index (κ1) is 9.70. The van der Waals surface area contributed by atoms with Crippen molar-refractivity contribution in [1.29, 1.82) is 0 Å². The Hall–Kier alpha value is -1.39. The van der Waals surface area contributed by atoms with Crippen LogP contribution < -0.4 is 5.73 Å². The van der Waals surface area contributed by atoms with E-state index in [9.17, 15) is 14.0 Å². The van der Waals surface area contributed by atoms with Crippen LogP contribution in [0.15, 0.2) is 12.2 Å². The first-order chi connectivity index (χ1) is 6.13. The predicted molar refractivity (Wildman–Crippen MR) is 44.4 cm³/mol. The molecule has 0 saturated carbocycles. The van der Waals surface area contributed by atoms with E-state index in [2.05, 4.69) is 0 Å². The van der Waals surface area contributed by atoms with Crippen LogP contribution in [0.4, 0.5) is 4.39 Å². The third-order valence-electron chi connectivity index (χ3n) is 1.88. The van der Waals surface area contributed by atoms with Crippen molar-refractivity contribution in [3.63, 3.8) is 0 Å². The summed E-state index contributed by atoms with van der Waals surface area (Å²) in [6.07, 6.45) is 2.11. The Morgan fingerprint density at radius 3 is 2.54 bits per heavy atom. The zero-order valence-corrected chi connectivity index (χ0v) is 7.07. The first-order valence-corrected chi connectivity index (χ1v) is 3.96. The van der Waals surface area contributed by atoms with Gasteiger partial charge in [0.15, 0.2) is 0 Å². The van der Waals surface area contributed by atoms with Gasteiger partial charge in [-0.2, -0.15) is 0 Å². The largest absolute Gasteiger partial charge is 0.366 e. The maximum atomic E-state index is 12.0. The zero-order valence-electron chi connectivity index (χ0n) is 7.07. The van der Waals surface area contributed by atoms with E-state index in [1.807, 2.05) is 0 Å². The lowest BCUT2D eigenvalue weighted by atomic mass is 10.0. The Morgan fingerprint density at radius 2 is 2.08 bits per heavy atom. The SMILES string of the molecule is NC(=O)/C=C/C(=O)N1CC(CF)C1. The summed E-state index contributed by atoms with van der Waals surface area (Å²) < 4.78 is 12.0. The van der Waals surface area contributed by atoms with Gasteiger partial charge >= 0.3 is 0 Å². The number of nitrogens with two attached hydrogens (primary N) is 1. The molecule has 1 heterocycles. The highest BCUT2D eigenvalue weighted by Crippen LogP contribution is 2.15. The van der Waals surface area contributed by atoms with E-state index in [-0.39, 0.29) is 11.8 Å². The van der Waals surface area contributed by atoms with Crippen LogP contribution in [0.3, 0.4) is 0 Å². The van der Waals surface area contributed by atoms with Gasteiger partial charge in [0.05, 0.1) is 6.67 Å². The Balaban J connectivity index is 2.31. The molecule has 0 bridgehead atoms. The van der Waals surface area contributed by atoms with E-state index in [0.717, 1.165) is 12.2 Å². The quantitative estimate of drug-likeness (QED) is 0.601. The summed E-state index contributed by atoms with van der Waals surface area (Å²) in [5.74, 6) is -0.981. The number of halogens is 1. The average Bonchev–Trinajstić information content (AvgIpc) is 1.99. The van der Waals surface area contributed by atoms with Crippen LogP contribution in [-0.2, 0) is 9.59 Å². The minimum absolute atomic E-state index is 0.0362. The molecular formula is C8H11FN2O2. The Morgan fingerprint density at radius 1 is 1.46 bits per heavy atom. The third-order valence-corrected chi connectivity index (χ3v) is 1.88. The van der Waals surface area contributed by atoms with Crippen molar-refractivity contribution < 1.29 is 14.0 Å². The number of likely N-dealkylation sites (tertiary alicyclic amines) is 1. The summed E-state index contributed by atoms with van der Waals surface area (Å²) in [6, 6.07) is 0. The predicted octanol–water partition coefficient (Wildman–Crippen LogP) is -0.544. The summed E-state index contributed by atoms with van der Waals surface area (Å²) in [4.78, 5) is 22.8. The number of hydrogen-bond donors (Lipinski definition) is 1.